The first-order chi connectivity index (χ1) is 7.65. The van der Waals surface area contributed by atoms with Crippen molar-refractivity contribution in [1.82, 2.24) is 19.9 Å². The predicted molar refractivity (Wildman–Crippen MR) is 61.2 cm³/mol. The molecule has 0 aliphatic heterocycles. The van der Waals surface area contributed by atoms with E-state index in [0.717, 1.165) is 6.42 Å². The van der Waals surface area contributed by atoms with Crippen LogP contribution in [-0.2, 0) is 0 Å². The molecule has 0 saturated carbocycles. The zero-order valence-electron chi connectivity index (χ0n) is 8.61. The van der Waals surface area contributed by atoms with Crippen LogP contribution in [0.2, 0.25) is 0 Å². The number of aliphatic hydroxyl groups is 1. The largest absolute Gasteiger partial charge is 0.480 e. The Morgan fingerprint density at radius 2 is 2.12 bits per heavy atom. The Balaban J connectivity index is 2.56. The van der Waals surface area contributed by atoms with Gasteiger partial charge in [0, 0.05) is 5.92 Å². The maximum absolute atomic E-state index is 9.21. The topological polar surface area (TPSA) is 94.9 Å². The van der Waals surface area contributed by atoms with E-state index in [-0.39, 0.29) is 18.5 Å². The molecule has 6 nitrogen and oxygen atoms in total. The Hall–Kier alpha value is -1.21. The summed E-state index contributed by atoms with van der Waals surface area (Å²) in [4.78, 5) is 14.8. The summed E-state index contributed by atoms with van der Waals surface area (Å²) in [7, 11) is 0. The number of hydrogen-bond donors (Lipinski definition) is 3. The summed E-state index contributed by atoms with van der Waals surface area (Å²) < 4.78 is 0.560. The van der Waals surface area contributed by atoms with Gasteiger partial charge < -0.3 is 10.2 Å². The van der Waals surface area contributed by atoms with Crippen LogP contribution in [0.4, 0.5) is 0 Å². The van der Waals surface area contributed by atoms with Gasteiger partial charge in [0.15, 0.2) is 5.65 Å². The second-order valence-electron chi connectivity index (χ2n) is 3.42. The van der Waals surface area contributed by atoms with Gasteiger partial charge in [0.25, 0.3) is 6.01 Å². The fraction of sp³-hybridized carbons (Fsp3) is 0.444. The molecule has 86 valence electrons. The van der Waals surface area contributed by atoms with Gasteiger partial charge in [-0.15, -0.1) is 0 Å². The number of nitrogens with one attached hydrogen (secondary N) is 1. The molecule has 16 heavy (non-hydrogen) atoms. The molecule has 3 N–H and O–H groups in total. The number of halogens is 1. The van der Waals surface area contributed by atoms with Crippen LogP contribution in [0.1, 0.15) is 25.0 Å². The molecule has 2 heterocycles. The lowest BCUT2D eigenvalue weighted by Gasteiger charge is -2.11. The normalized spacial score (nSPS) is 13.2. The second-order valence-corrected chi connectivity index (χ2v) is 4.17. The Morgan fingerprint density at radius 1 is 1.38 bits per heavy atom. The molecular formula is C9H11BrN4O2. The van der Waals surface area contributed by atoms with E-state index in [2.05, 4.69) is 35.9 Å². The summed E-state index contributed by atoms with van der Waals surface area (Å²) in [5.74, 6) is -0.0786. The molecule has 0 spiro atoms. The Kier molecular flexibility index (Phi) is 3.06. The Morgan fingerprint density at radius 3 is 2.75 bits per heavy atom. The van der Waals surface area contributed by atoms with Crippen LogP contribution in [0.3, 0.4) is 0 Å². The van der Waals surface area contributed by atoms with E-state index in [0.29, 0.717) is 21.6 Å². The summed E-state index contributed by atoms with van der Waals surface area (Å²) in [5.41, 5.74) is 1.42. The lowest BCUT2D eigenvalue weighted by molar-refractivity contribution is 0.259. The fourth-order valence-electron chi connectivity index (χ4n) is 1.48. The van der Waals surface area contributed by atoms with Crippen LogP contribution < -0.4 is 0 Å². The molecule has 0 bridgehead atoms. The molecule has 0 aliphatic carbocycles. The number of aromatic amines is 1. The van der Waals surface area contributed by atoms with E-state index < -0.39 is 0 Å². The number of fused-ring (bicyclic) bond motifs is 1. The molecule has 0 saturated heterocycles. The van der Waals surface area contributed by atoms with Gasteiger partial charge in [-0.1, -0.05) is 6.92 Å². The van der Waals surface area contributed by atoms with E-state index in [1.807, 2.05) is 6.92 Å². The molecule has 1 atom stereocenters. The van der Waals surface area contributed by atoms with Crippen LogP contribution in [0.15, 0.2) is 4.60 Å². The van der Waals surface area contributed by atoms with Crippen molar-refractivity contribution in [2.75, 3.05) is 6.61 Å². The molecule has 0 unspecified atom stereocenters. The average molecular weight is 287 g/mol. The minimum atomic E-state index is -0.212. The van der Waals surface area contributed by atoms with Crippen molar-refractivity contribution in [2.24, 2.45) is 0 Å². The van der Waals surface area contributed by atoms with Crippen molar-refractivity contribution in [3.63, 3.8) is 0 Å². The minimum Gasteiger partial charge on any atom is -0.480 e. The number of aliphatic hydroxyl groups excluding tert-OH is 1. The van der Waals surface area contributed by atoms with Crippen molar-refractivity contribution in [3.8, 4) is 6.01 Å². The maximum atomic E-state index is 9.21. The smallest absolute Gasteiger partial charge is 0.294 e. The first kappa shape index (κ1) is 11.3. The highest BCUT2D eigenvalue weighted by molar-refractivity contribution is 9.10. The number of aromatic hydroxyl groups is 1. The minimum absolute atomic E-state index is 0.00565. The number of aromatic nitrogens is 4. The molecular weight excluding hydrogens is 276 g/mol. The molecule has 2 aromatic heterocycles. The first-order valence-corrected chi connectivity index (χ1v) is 5.68. The zero-order chi connectivity index (χ0) is 11.7. The van der Waals surface area contributed by atoms with E-state index in [1.165, 1.54) is 0 Å². The second kappa shape index (κ2) is 4.34. The molecule has 0 aromatic carbocycles. The third-order valence-electron chi connectivity index (χ3n) is 2.40. The molecule has 2 aromatic rings. The molecule has 2 rings (SSSR count). The van der Waals surface area contributed by atoms with Crippen molar-refractivity contribution in [1.29, 1.82) is 0 Å². The van der Waals surface area contributed by atoms with Crippen LogP contribution in [0.5, 0.6) is 6.01 Å². The number of rotatable bonds is 3. The van der Waals surface area contributed by atoms with Gasteiger partial charge in [-0.2, -0.15) is 4.98 Å². The lowest BCUT2D eigenvalue weighted by atomic mass is 10.0. The molecule has 7 heteroatoms. The summed E-state index contributed by atoms with van der Waals surface area (Å²) in [6.07, 6.45) is 0.756. The molecule has 0 fully saturated rings. The first-order valence-electron chi connectivity index (χ1n) is 4.88. The summed E-state index contributed by atoms with van der Waals surface area (Å²) in [6, 6.07) is -0.212. The predicted octanol–water partition coefficient (Wildman–Crippen LogP) is 1.31. The maximum Gasteiger partial charge on any atom is 0.294 e. The van der Waals surface area contributed by atoms with Gasteiger partial charge in [-0.3, -0.25) is 4.98 Å². The molecule has 0 aliphatic rings. The van der Waals surface area contributed by atoms with Gasteiger partial charge in [-0.25, -0.2) is 9.97 Å². The van der Waals surface area contributed by atoms with Gasteiger partial charge in [0.1, 0.15) is 4.60 Å². The molecule has 0 amide bonds. The fourth-order valence-corrected chi connectivity index (χ4v) is 2.07. The number of hydrogen-bond acceptors (Lipinski definition) is 5. The highest BCUT2D eigenvalue weighted by Gasteiger charge is 2.17. The number of nitrogens with zero attached hydrogens (tertiary/aromatic N) is 3. The van der Waals surface area contributed by atoms with E-state index in [1.54, 1.807) is 0 Å². The van der Waals surface area contributed by atoms with Crippen molar-refractivity contribution < 1.29 is 10.2 Å². The van der Waals surface area contributed by atoms with Crippen molar-refractivity contribution in [2.45, 2.75) is 19.3 Å². The van der Waals surface area contributed by atoms with Crippen molar-refractivity contribution in [3.05, 3.63) is 10.3 Å². The SMILES string of the molecule is CC[C@H](CO)c1nc2nc(O)[nH]c2nc1Br. The zero-order valence-corrected chi connectivity index (χ0v) is 10.2. The van der Waals surface area contributed by atoms with Gasteiger partial charge in [-0.05, 0) is 22.4 Å². The van der Waals surface area contributed by atoms with E-state index >= 15 is 0 Å². The van der Waals surface area contributed by atoms with Crippen LogP contribution >= 0.6 is 15.9 Å². The summed E-state index contributed by atoms with van der Waals surface area (Å²) >= 11 is 3.29. The Bertz CT molecular complexity index is 509. The third-order valence-corrected chi connectivity index (χ3v) is 2.98. The highest BCUT2D eigenvalue weighted by Crippen LogP contribution is 2.26. The van der Waals surface area contributed by atoms with Crippen LogP contribution in [0, 0.1) is 0 Å². The van der Waals surface area contributed by atoms with E-state index in [9.17, 15) is 10.2 Å². The summed E-state index contributed by atoms with van der Waals surface area (Å²) in [6.45, 7) is 1.97. The average Bonchev–Trinajstić information content (AvgIpc) is 2.59. The third kappa shape index (κ3) is 1.88. The van der Waals surface area contributed by atoms with E-state index in [4.69, 9.17) is 0 Å². The monoisotopic (exact) mass is 286 g/mol. The Labute approximate surface area is 99.9 Å². The molecule has 0 radical (unpaired) electrons. The standard InChI is InChI=1S/C9H11BrN4O2/c1-2-4(3-15)5-6(10)12-8-7(11-5)13-9(16)14-8/h4,15H,2-3H2,1H3,(H2,11,12,13,14,16)/t4-/m1/s1. The quantitative estimate of drug-likeness (QED) is 0.791. The number of imidazole rings is 1. The highest BCUT2D eigenvalue weighted by atomic mass is 79.9. The van der Waals surface area contributed by atoms with Crippen LogP contribution in [-0.4, -0.2) is 36.8 Å². The van der Waals surface area contributed by atoms with Crippen molar-refractivity contribution >= 4 is 27.2 Å². The van der Waals surface area contributed by atoms with Gasteiger partial charge in [0.05, 0.1) is 12.3 Å². The van der Waals surface area contributed by atoms with Gasteiger partial charge >= 0.3 is 0 Å². The lowest BCUT2D eigenvalue weighted by Crippen LogP contribution is -2.07. The van der Waals surface area contributed by atoms with Crippen LogP contribution in [0.25, 0.3) is 11.3 Å². The van der Waals surface area contributed by atoms with Gasteiger partial charge in [0.2, 0.25) is 5.65 Å². The summed E-state index contributed by atoms with van der Waals surface area (Å²) in [5, 5.41) is 18.4. The number of H-pyrrole nitrogens is 1.